The minimum Gasteiger partial charge on any atom is -0.392 e. The molecule has 0 amide bonds. The normalized spacial score (nSPS) is 48.5. The molecule has 0 radical (unpaired) electrons. The van der Waals surface area contributed by atoms with E-state index in [4.69, 9.17) is 5.73 Å². The summed E-state index contributed by atoms with van der Waals surface area (Å²) in [5.41, 5.74) is 5.84. The van der Waals surface area contributed by atoms with Gasteiger partial charge >= 0.3 is 0 Å². The minimum atomic E-state index is -0.218. The zero-order chi connectivity index (χ0) is 8.55. The predicted molar refractivity (Wildman–Crippen MR) is 48.7 cm³/mol. The van der Waals surface area contributed by atoms with E-state index < -0.39 is 0 Å². The number of aliphatic hydroxyl groups is 1. The van der Waals surface area contributed by atoms with Crippen molar-refractivity contribution in [2.45, 2.75) is 50.7 Å². The Morgan fingerprint density at radius 1 is 1.00 bits per heavy atom. The van der Waals surface area contributed by atoms with E-state index in [2.05, 4.69) is 0 Å². The molecule has 70 valence electrons. The van der Waals surface area contributed by atoms with Gasteiger partial charge in [-0.1, -0.05) is 25.7 Å². The van der Waals surface area contributed by atoms with Crippen LogP contribution >= 0.6 is 0 Å². The highest BCUT2D eigenvalue weighted by Gasteiger charge is 2.35. The second-order valence-corrected chi connectivity index (χ2v) is 4.51. The molecular weight excluding hydrogens is 150 g/mol. The van der Waals surface area contributed by atoms with Crippen LogP contribution in [0.4, 0.5) is 0 Å². The first-order valence-corrected chi connectivity index (χ1v) is 5.21. The summed E-state index contributed by atoms with van der Waals surface area (Å²) in [5, 5.41) is 9.59. The summed E-state index contributed by atoms with van der Waals surface area (Å²) in [6.45, 7) is 0. The van der Waals surface area contributed by atoms with E-state index in [0.717, 1.165) is 24.7 Å². The highest BCUT2D eigenvalue weighted by molar-refractivity contribution is 4.89. The van der Waals surface area contributed by atoms with E-state index in [0.29, 0.717) is 0 Å². The third kappa shape index (κ3) is 1.50. The summed E-state index contributed by atoms with van der Waals surface area (Å²) in [7, 11) is 0. The van der Waals surface area contributed by atoms with Gasteiger partial charge in [-0.05, 0) is 24.7 Å². The lowest BCUT2D eigenvalue weighted by Gasteiger charge is -2.40. The van der Waals surface area contributed by atoms with Gasteiger partial charge in [0.25, 0.3) is 0 Å². The molecule has 3 N–H and O–H groups in total. The molecule has 0 saturated heterocycles. The van der Waals surface area contributed by atoms with Gasteiger partial charge < -0.3 is 10.8 Å². The number of aliphatic hydroxyl groups excluding tert-OH is 1. The average molecular weight is 169 g/mol. The molecule has 0 heterocycles. The number of fused-ring (bicyclic) bond motifs is 1. The van der Waals surface area contributed by atoms with Gasteiger partial charge in [-0.25, -0.2) is 0 Å². The first-order valence-electron chi connectivity index (χ1n) is 5.21. The topological polar surface area (TPSA) is 46.2 Å². The van der Waals surface area contributed by atoms with Gasteiger partial charge in [0.1, 0.15) is 0 Å². The molecule has 0 aromatic carbocycles. The summed E-state index contributed by atoms with van der Waals surface area (Å²) < 4.78 is 0. The Morgan fingerprint density at radius 3 is 2.25 bits per heavy atom. The Labute approximate surface area is 74.1 Å². The van der Waals surface area contributed by atoms with Crippen LogP contribution in [0.1, 0.15) is 38.5 Å². The summed E-state index contributed by atoms with van der Waals surface area (Å²) in [6.07, 6.45) is 7.23. The van der Waals surface area contributed by atoms with Crippen LogP contribution in [0.15, 0.2) is 0 Å². The number of hydrogen-bond donors (Lipinski definition) is 2. The smallest absolute Gasteiger partial charge is 0.0693 e. The maximum atomic E-state index is 9.59. The second-order valence-electron chi connectivity index (χ2n) is 4.51. The zero-order valence-electron chi connectivity index (χ0n) is 7.58. The van der Waals surface area contributed by atoms with Gasteiger partial charge in [0.2, 0.25) is 0 Å². The van der Waals surface area contributed by atoms with Gasteiger partial charge in [-0.3, -0.25) is 0 Å². The van der Waals surface area contributed by atoms with Gasteiger partial charge in [-0.15, -0.1) is 0 Å². The summed E-state index contributed by atoms with van der Waals surface area (Å²) in [5.74, 6) is 1.62. The van der Waals surface area contributed by atoms with Crippen LogP contribution in [0.5, 0.6) is 0 Å². The first kappa shape index (κ1) is 8.52. The molecule has 2 heteroatoms. The molecule has 2 fully saturated rings. The monoisotopic (exact) mass is 169 g/mol. The van der Waals surface area contributed by atoms with Crippen LogP contribution in [0.3, 0.4) is 0 Å². The van der Waals surface area contributed by atoms with E-state index in [1.807, 2.05) is 0 Å². The van der Waals surface area contributed by atoms with Crippen molar-refractivity contribution in [3.05, 3.63) is 0 Å². The van der Waals surface area contributed by atoms with E-state index in [9.17, 15) is 5.11 Å². The fraction of sp³-hybridized carbons (Fsp3) is 1.00. The molecule has 2 aliphatic rings. The number of hydrogen-bond acceptors (Lipinski definition) is 2. The lowest BCUT2D eigenvalue weighted by Crippen LogP contribution is -2.45. The summed E-state index contributed by atoms with van der Waals surface area (Å²) in [4.78, 5) is 0. The molecule has 4 atom stereocenters. The summed E-state index contributed by atoms with van der Waals surface area (Å²) >= 11 is 0. The van der Waals surface area contributed by atoms with Crippen LogP contribution in [0, 0.1) is 11.8 Å². The maximum Gasteiger partial charge on any atom is 0.0693 e. The molecule has 2 saturated carbocycles. The number of rotatable bonds is 0. The first-order chi connectivity index (χ1) is 5.77. The molecular formula is C10H19NO. The van der Waals surface area contributed by atoms with Crippen LogP contribution < -0.4 is 5.73 Å². The molecule has 2 nitrogen and oxygen atoms in total. The average Bonchev–Trinajstić information content (AvgIpc) is 2.07. The quantitative estimate of drug-likeness (QED) is 0.573. The van der Waals surface area contributed by atoms with E-state index in [1.54, 1.807) is 0 Å². The summed E-state index contributed by atoms with van der Waals surface area (Å²) in [6, 6.07) is 0.0596. The lowest BCUT2D eigenvalue weighted by atomic mass is 9.68. The van der Waals surface area contributed by atoms with Gasteiger partial charge in [0.15, 0.2) is 0 Å². The molecule has 0 unspecified atom stereocenters. The predicted octanol–water partition coefficient (Wildman–Crippen LogP) is 1.27. The van der Waals surface area contributed by atoms with Crippen LogP contribution in [-0.2, 0) is 0 Å². The molecule has 12 heavy (non-hydrogen) atoms. The van der Waals surface area contributed by atoms with Crippen molar-refractivity contribution in [2.24, 2.45) is 17.6 Å². The molecule has 0 spiro atoms. The molecule has 0 aromatic rings. The minimum absolute atomic E-state index is 0.0596. The van der Waals surface area contributed by atoms with Crippen molar-refractivity contribution in [1.82, 2.24) is 0 Å². The van der Waals surface area contributed by atoms with Crippen LogP contribution in [0.25, 0.3) is 0 Å². The van der Waals surface area contributed by atoms with Gasteiger partial charge in [0.05, 0.1) is 6.10 Å². The van der Waals surface area contributed by atoms with E-state index in [1.165, 1.54) is 25.7 Å². The molecule has 0 aromatic heterocycles. The molecule has 2 aliphatic carbocycles. The Morgan fingerprint density at radius 2 is 1.58 bits per heavy atom. The van der Waals surface area contributed by atoms with Crippen molar-refractivity contribution in [1.29, 1.82) is 0 Å². The van der Waals surface area contributed by atoms with E-state index >= 15 is 0 Å². The Bertz CT molecular complexity index is 142. The molecule has 0 bridgehead atoms. The molecule has 2 rings (SSSR count). The second kappa shape index (κ2) is 3.35. The highest BCUT2D eigenvalue weighted by atomic mass is 16.3. The third-order valence-electron chi connectivity index (χ3n) is 3.68. The fourth-order valence-electron chi connectivity index (χ4n) is 2.90. The van der Waals surface area contributed by atoms with Crippen LogP contribution in [0.2, 0.25) is 0 Å². The van der Waals surface area contributed by atoms with Gasteiger partial charge in [-0.2, -0.15) is 0 Å². The zero-order valence-corrected chi connectivity index (χ0v) is 7.58. The number of nitrogens with two attached hydrogens (primary N) is 1. The van der Waals surface area contributed by atoms with E-state index in [-0.39, 0.29) is 12.1 Å². The van der Waals surface area contributed by atoms with Crippen molar-refractivity contribution in [3.8, 4) is 0 Å². The van der Waals surface area contributed by atoms with Gasteiger partial charge in [0, 0.05) is 6.04 Å². The maximum absolute atomic E-state index is 9.59. The standard InChI is InChI=1S/C10H19NO/c11-9-5-7-3-1-2-4-8(7)6-10(9)12/h7-10,12H,1-6,11H2/t7-,8+,9+,10-/m1/s1. The Balaban J connectivity index is 1.98. The largest absolute Gasteiger partial charge is 0.392 e. The van der Waals surface area contributed by atoms with Crippen molar-refractivity contribution in [3.63, 3.8) is 0 Å². The fourth-order valence-corrected chi connectivity index (χ4v) is 2.90. The van der Waals surface area contributed by atoms with Crippen molar-refractivity contribution in [2.75, 3.05) is 0 Å². The third-order valence-corrected chi connectivity index (χ3v) is 3.68. The highest BCUT2D eigenvalue weighted by Crippen LogP contribution is 2.39. The lowest BCUT2D eigenvalue weighted by molar-refractivity contribution is 0.0319. The Hall–Kier alpha value is -0.0800. The van der Waals surface area contributed by atoms with Crippen LogP contribution in [-0.4, -0.2) is 17.3 Å². The SMILES string of the molecule is N[C@H]1C[C@H]2CCCC[C@H]2C[C@H]1O. The molecule has 0 aliphatic heterocycles. The Kier molecular flexibility index (Phi) is 2.37. The van der Waals surface area contributed by atoms with Crippen molar-refractivity contribution >= 4 is 0 Å². The van der Waals surface area contributed by atoms with Crippen molar-refractivity contribution < 1.29 is 5.11 Å².